The van der Waals surface area contributed by atoms with Gasteiger partial charge in [0.15, 0.2) is 5.96 Å². The number of pyridine rings is 1. The van der Waals surface area contributed by atoms with Crippen molar-refractivity contribution in [3.8, 4) is 5.82 Å². The molecule has 2 atom stereocenters. The lowest BCUT2D eigenvalue weighted by molar-refractivity contribution is 0.234. The van der Waals surface area contributed by atoms with E-state index in [4.69, 9.17) is 4.99 Å². The van der Waals surface area contributed by atoms with E-state index >= 15 is 0 Å². The summed E-state index contributed by atoms with van der Waals surface area (Å²) < 4.78 is 1.90. The molecule has 1 aliphatic rings. The Hall–Kier alpha value is -3.15. The number of rotatable bonds is 5. The number of guanidine groups is 1. The predicted octanol–water partition coefficient (Wildman–Crippen LogP) is 3.86. The van der Waals surface area contributed by atoms with Gasteiger partial charge in [-0.05, 0) is 42.4 Å². The van der Waals surface area contributed by atoms with E-state index in [9.17, 15) is 0 Å². The van der Waals surface area contributed by atoms with Crippen LogP contribution in [0.5, 0.6) is 0 Å². The fourth-order valence-corrected chi connectivity index (χ4v) is 4.18. The van der Waals surface area contributed by atoms with E-state index in [-0.39, 0.29) is 0 Å². The summed E-state index contributed by atoms with van der Waals surface area (Å²) in [6, 6.07) is 15.0. The van der Waals surface area contributed by atoms with E-state index in [1.807, 2.05) is 23.0 Å². The Kier molecular flexibility index (Phi) is 6.42. The molecule has 1 aromatic carbocycles. The maximum Gasteiger partial charge on any atom is 0.194 e. The molecule has 1 aliphatic heterocycles. The average molecular weight is 403 g/mol. The molecular weight excluding hydrogens is 372 g/mol. The summed E-state index contributed by atoms with van der Waals surface area (Å²) in [4.78, 5) is 15.9. The molecule has 0 aliphatic carbocycles. The predicted molar refractivity (Wildman–Crippen MR) is 121 cm³/mol. The molecule has 6 nitrogen and oxygen atoms in total. The van der Waals surface area contributed by atoms with Gasteiger partial charge in [-0.2, -0.15) is 0 Å². The van der Waals surface area contributed by atoms with Crippen molar-refractivity contribution in [3.05, 3.63) is 78.5 Å². The maximum atomic E-state index is 4.90. The van der Waals surface area contributed by atoms with Crippen LogP contribution in [0.2, 0.25) is 0 Å². The number of aromatic nitrogens is 3. The van der Waals surface area contributed by atoms with E-state index < -0.39 is 0 Å². The van der Waals surface area contributed by atoms with Crippen LogP contribution in [-0.2, 0) is 6.54 Å². The van der Waals surface area contributed by atoms with Crippen molar-refractivity contribution in [1.29, 1.82) is 0 Å². The van der Waals surface area contributed by atoms with Crippen molar-refractivity contribution in [1.82, 2.24) is 24.8 Å². The Bertz CT molecular complexity index is 934. The summed E-state index contributed by atoms with van der Waals surface area (Å²) in [6.07, 6.45) is 8.45. The fourth-order valence-electron chi connectivity index (χ4n) is 4.18. The van der Waals surface area contributed by atoms with Crippen LogP contribution in [0.3, 0.4) is 0 Å². The summed E-state index contributed by atoms with van der Waals surface area (Å²) in [5, 5.41) is 3.47. The highest BCUT2D eigenvalue weighted by molar-refractivity contribution is 5.80. The fraction of sp³-hybridized carbons (Fsp3) is 0.375. The molecule has 0 radical (unpaired) electrons. The lowest BCUT2D eigenvalue weighted by atomic mass is 9.82. The highest BCUT2D eigenvalue weighted by Gasteiger charge is 2.28. The quantitative estimate of drug-likeness (QED) is 0.520. The molecule has 1 saturated heterocycles. The molecule has 3 aromatic rings. The first kappa shape index (κ1) is 20.1. The highest BCUT2D eigenvalue weighted by Crippen LogP contribution is 2.32. The SMILES string of the molecule is CCNC(=NCc1ccc(-n2ccnc2)nc1)N1CCC(c2ccccc2)C(C)C1. The number of benzene rings is 1. The minimum Gasteiger partial charge on any atom is -0.357 e. The summed E-state index contributed by atoms with van der Waals surface area (Å²) in [6.45, 7) is 8.00. The van der Waals surface area contributed by atoms with Crippen LogP contribution in [0.4, 0.5) is 0 Å². The third kappa shape index (κ3) is 4.70. The van der Waals surface area contributed by atoms with Crippen LogP contribution < -0.4 is 5.32 Å². The van der Waals surface area contributed by atoms with Gasteiger partial charge in [0.05, 0.1) is 6.54 Å². The second-order valence-corrected chi connectivity index (χ2v) is 7.89. The van der Waals surface area contributed by atoms with Crippen molar-refractivity contribution in [2.75, 3.05) is 19.6 Å². The molecule has 3 heterocycles. The van der Waals surface area contributed by atoms with Crippen molar-refractivity contribution in [2.24, 2.45) is 10.9 Å². The molecule has 6 heteroatoms. The van der Waals surface area contributed by atoms with Gasteiger partial charge in [0.2, 0.25) is 0 Å². The van der Waals surface area contributed by atoms with E-state index in [0.717, 1.165) is 43.4 Å². The number of hydrogen-bond donors (Lipinski definition) is 1. The Morgan fingerprint density at radius 3 is 2.73 bits per heavy atom. The summed E-state index contributed by atoms with van der Waals surface area (Å²) in [7, 11) is 0. The van der Waals surface area contributed by atoms with E-state index in [0.29, 0.717) is 18.4 Å². The Morgan fingerprint density at radius 2 is 2.07 bits per heavy atom. The van der Waals surface area contributed by atoms with Gasteiger partial charge in [-0.15, -0.1) is 0 Å². The zero-order valence-corrected chi connectivity index (χ0v) is 17.8. The minimum atomic E-state index is 0.584. The summed E-state index contributed by atoms with van der Waals surface area (Å²) in [5.74, 6) is 3.06. The van der Waals surface area contributed by atoms with Gasteiger partial charge in [-0.3, -0.25) is 4.57 Å². The monoisotopic (exact) mass is 402 g/mol. The second-order valence-electron chi connectivity index (χ2n) is 7.89. The van der Waals surface area contributed by atoms with Crippen LogP contribution in [0.1, 0.15) is 37.3 Å². The van der Waals surface area contributed by atoms with Crippen LogP contribution >= 0.6 is 0 Å². The van der Waals surface area contributed by atoms with Crippen molar-refractivity contribution < 1.29 is 0 Å². The second kappa shape index (κ2) is 9.57. The van der Waals surface area contributed by atoms with Crippen LogP contribution in [0.25, 0.3) is 5.82 Å². The smallest absolute Gasteiger partial charge is 0.194 e. The summed E-state index contributed by atoms with van der Waals surface area (Å²) >= 11 is 0. The molecule has 30 heavy (non-hydrogen) atoms. The standard InChI is InChI=1S/C24H30N6/c1-3-26-24(28-16-20-9-10-23(27-15-20)30-14-12-25-18-30)29-13-11-22(19(2)17-29)21-7-5-4-6-8-21/h4-10,12,14-15,18-19,22H,3,11,13,16-17H2,1-2H3,(H,26,28). The average Bonchev–Trinajstić information content (AvgIpc) is 3.32. The third-order valence-electron chi connectivity index (χ3n) is 5.76. The normalized spacial score (nSPS) is 19.7. The molecular formula is C24H30N6. The van der Waals surface area contributed by atoms with Gasteiger partial charge in [-0.25, -0.2) is 15.0 Å². The molecule has 1 N–H and O–H groups in total. The first-order valence-corrected chi connectivity index (χ1v) is 10.8. The van der Waals surface area contributed by atoms with Gasteiger partial charge in [-0.1, -0.05) is 43.3 Å². The first-order chi connectivity index (χ1) is 14.7. The van der Waals surface area contributed by atoms with Crippen LogP contribution in [0, 0.1) is 5.92 Å². The number of likely N-dealkylation sites (tertiary alicyclic amines) is 1. The highest BCUT2D eigenvalue weighted by atomic mass is 15.3. The van der Waals surface area contributed by atoms with Crippen LogP contribution in [-0.4, -0.2) is 45.0 Å². The third-order valence-corrected chi connectivity index (χ3v) is 5.76. The molecule has 0 amide bonds. The number of hydrogen-bond acceptors (Lipinski definition) is 3. The Morgan fingerprint density at radius 1 is 1.20 bits per heavy atom. The van der Waals surface area contributed by atoms with Crippen molar-refractivity contribution >= 4 is 5.96 Å². The number of nitrogens with one attached hydrogen (secondary N) is 1. The molecule has 4 rings (SSSR count). The van der Waals surface area contributed by atoms with Crippen LogP contribution in [0.15, 0.2) is 72.4 Å². The molecule has 0 saturated carbocycles. The van der Waals surface area contributed by atoms with Gasteiger partial charge in [0.1, 0.15) is 12.1 Å². The van der Waals surface area contributed by atoms with Gasteiger partial charge >= 0.3 is 0 Å². The zero-order valence-electron chi connectivity index (χ0n) is 17.8. The number of piperidine rings is 1. The summed E-state index contributed by atoms with van der Waals surface area (Å²) in [5.41, 5.74) is 2.55. The largest absolute Gasteiger partial charge is 0.357 e. The number of aliphatic imine (C=N–C) groups is 1. The minimum absolute atomic E-state index is 0.584. The molecule has 0 bridgehead atoms. The number of nitrogens with zero attached hydrogens (tertiary/aromatic N) is 5. The first-order valence-electron chi connectivity index (χ1n) is 10.8. The van der Waals surface area contributed by atoms with E-state index in [2.05, 4.69) is 70.4 Å². The molecule has 1 fully saturated rings. The molecule has 2 aromatic heterocycles. The van der Waals surface area contributed by atoms with Gasteiger partial charge < -0.3 is 10.2 Å². The maximum absolute atomic E-state index is 4.90. The Balaban J connectivity index is 1.41. The molecule has 2 unspecified atom stereocenters. The Labute approximate surface area is 178 Å². The lowest BCUT2D eigenvalue weighted by Crippen LogP contribution is -2.48. The van der Waals surface area contributed by atoms with Gasteiger partial charge in [0, 0.05) is 38.2 Å². The number of imidazole rings is 1. The molecule has 0 spiro atoms. The zero-order chi connectivity index (χ0) is 20.8. The molecule has 156 valence electrons. The lowest BCUT2D eigenvalue weighted by Gasteiger charge is -2.39. The van der Waals surface area contributed by atoms with E-state index in [1.165, 1.54) is 5.56 Å². The van der Waals surface area contributed by atoms with Crippen molar-refractivity contribution in [3.63, 3.8) is 0 Å². The van der Waals surface area contributed by atoms with E-state index in [1.54, 1.807) is 12.5 Å². The van der Waals surface area contributed by atoms with Gasteiger partial charge in [0.25, 0.3) is 0 Å². The van der Waals surface area contributed by atoms with Crippen molar-refractivity contribution in [2.45, 2.75) is 32.7 Å². The topological polar surface area (TPSA) is 58.3 Å².